The molecule has 17 heavy (non-hydrogen) atoms. The molecule has 0 spiro atoms. The summed E-state index contributed by atoms with van der Waals surface area (Å²) in [5.74, 6) is 0. The molecule has 0 atom stereocenters. The first-order chi connectivity index (χ1) is 7.98. The molecule has 4 heteroatoms. The van der Waals surface area contributed by atoms with Gasteiger partial charge in [0, 0.05) is 4.47 Å². The molecule has 0 aliphatic heterocycles. The van der Waals surface area contributed by atoms with Crippen LogP contribution < -0.4 is 0 Å². The van der Waals surface area contributed by atoms with E-state index in [1.54, 1.807) is 24.3 Å². The summed E-state index contributed by atoms with van der Waals surface area (Å²) in [5, 5.41) is 0. The summed E-state index contributed by atoms with van der Waals surface area (Å²) in [4.78, 5) is 0. The molecule has 0 heterocycles. The fourth-order valence-corrected chi connectivity index (χ4v) is 1.97. The Morgan fingerprint density at radius 2 is 1.76 bits per heavy atom. The van der Waals surface area contributed by atoms with Crippen molar-refractivity contribution in [2.45, 2.75) is 6.18 Å². The van der Waals surface area contributed by atoms with Crippen molar-refractivity contribution in [2.24, 2.45) is 0 Å². The fraction of sp³-hybridized carbons (Fsp3) is 0.0769. The van der Waals surface area contributed by atoms with Crippen LogP contribution in [-0.4, -0.2) is 0 Å². The summed E-state index contributed by atoms with van der Waals surface area (Å²) < 4.78 is 39.1. The van der Waals surface area contributed by atoms with E-state index in [9.17, 15) is 13.2 Å². The SMILES string of the molecule is FC(F)(F)c1ccccc1-c1cc[c]c(Br)c1. The van der Waals surface area contributed by atoms with E-state index in [0.29, 0.717) is 10.0 Å². The number of halogens is 4. The number of hydrogen-bond donors (Lipinski definition) is 0. The molecule has 0 nitrogen and oxygen atoms in total. The molecule has 0 saturated heterocycles. The number of alkyl halides is 3. The molecule has 0 aliphatic rings. The minimum atomic E-state index is -4.34. The Bertz CT molecular complexity index is 532. The first-order valence-electron chi connectivity index (χ1n) is 4.82. The predicted octanol–water partition coefficient (Wildman–Crippen LogP) is 4.94. The lowest BCUT2D eigenvalue weighted by atomic mass is 9.99. The topological polar surface area (TPSA) is 0 Å². The molecule has 0 bridgehead atoms. The summed E-state index contributed by atoms with van der Waals surface area (Å²) >= 11 is 3.20. The molecule has 0 unspecified atom stereocenters. The lowest BCUT2D eigenvalue weighted by molar-refractivity contribution is -0.137. The molecule has 0 aromatic heterocycles. The highest BCUT2D eigenvalue weighted by Gasteiger charge is 2.33. The zero-order chi connectivity index (χ0) is 12.5. The van der Waals surface area contributed by atoms with Gasteiger partial charge < -0.3 is 0 Å². The smallest absolute Gasteiger partial charge is 0.166 e. The summed E-state index contributed by atoms with van der Waals surface area (Å²) in [6, 6.07) is 13.2. The Balaban J connectivity index is 2.60. The van der Waals surface area contributed by atoms with E-state index in [4.69, 9.17) is 0 Å². The molecule has 87 valence electrons. The van der Waals surface area contributed by atoms with Gasteiger partial charge in [-0.1, -0.05) is 46.3 Å². The third-order valence-corrected chi connectivity index (χ3v) is 2.77. The van der Waals surface area contributed by atoms with Gasteiger partial charge in [0.25, 0.3) is 0 Å². The van der Waals surface area contributed by atoms with Crippen molar-refractivity contribution in [3.8, 4) is 11.1 Å². The first-order valence-corrected chi connectivity index (χ1v) is 5.61. The van der Waals surface area contributed by atoms with E-state index in [2.05, 4.69) is 22.0 Å². The summed E-state index contributed by atoms with van der Waals surface area (Å²) in [7, 11) is 0. The maximum atomic E-state index is 12.8. The van der Waals surface area contributed by atoms with Gasteiger partial charge >= 0.3 is 6.18 Å². The van der Waals surface area contributed by atoms with Gasteiger partial charge in [-0.3, -0.25) is 0 Å². The highest BCUT2D eigenvalue weighted by Crippen LogP contribution is 2.37. The van der Waals surface area contributed by atoms with E-state index in [1.165, 1.54) is 12.1 Å². The standard InChI is InChI=1S/C13H7BrF3/c14-10-5-3-4-9(8-10)11-6-1-2-7-12(11)13(15,16)17/h1-4,6-8H. The van der Waals surface area contributed by atoms with Crippen molar-refractivity contribution >= 4 is 15.9 Å². The van der Waals surface area contributed by atoms with Crippen LogP contribution in [-0.2, 0) is 6.18 Å². The van der Waals surface area contributed by atoms with Gasteiger partial charge in [-0.05, 0) is 29.3 Å². The normalized spacial score (nSPS) is 11.5. The highest BCUT2D eigenvalue weighted by atomic mass is 79.9. The van der Waals surface area contributed by atoms with E-state index in [1.807, 2.05) is 0 Å². The molecule has 2 aromatic rings. The van der Waals surface area contributed by atoms with Crippen LogP contribution in [0.1, 0.15) is 5.56 Å². The average Bonchev–Trinajstić information content (AvgIpc) is 2.28. The molecule has 0 fully saturated rings. The van der Waals surface area contributed by atoms with Gasteiger partial charge in [0.15, 0.2) is 0 Å². The Labute approximate surface area is 105 Å². The summed E-state index contributed by atoms with van der Waals surface area (Å²) in [6.45, 7) is 0. The van der Waals surface area contributed by atoms with Crippen molar-refractivity contribution in [1.29, 1.82) is 0 Å². The van der Waals surface area contributed by atoms with Gasteiger partial charge in [-0.15, -0.1) is 0 Å². The first kappa shape index (κ1) is 12.2. The molecular weight excluding hydrogens is 293 g/mol. The van der Waals surface area contributed by atoms with Gasteiger partial charge in [0.1, 0.15) is 0 Å². The molecule has 2 rings (SSSR count). The zero-order valence-corrected chi connectivity index (χ0v) is 10.1. The minimum Gasteiger partial charge on any atom is -0.166 e. The number of benzene rings is 2. The van der Waals surface area contributed by atoms with Crippen LogP contribution in [0, 0.1) is 6.07 Å². The van der Waals surface area contributed by atoms with Crippen molar-refractivity contribution in [2.75, 3.05) is 0 Å². The maximum Gasteiger partial charge on any atom is 0.417 e. The lowest BCUT2D eigenvalue weighted by Crippen LogP contribution is -2.06. The molecule has 0 N–H and O–H groups in total. The Morgan fingerprint density at radius 1 is 1.06 bits per heavy atom. The van der Waals surface area contributed by atoms with E-state index < -0.39 is 11.7 Å². The van der Waals surface area contributed by atoms with E-state index in [0.717, 1.165) is 6.07 Å². The van der Waals surface area contributed by atoms with Crippen LogP contribution in [0.3, 0.4) is 0 Å². The van der Waals surface area contributed by atoms with Crippen LogP contribution >= 0.6 is 15.9 Å². The second-order valence-electron chi connectivity index (χ2n) is 3.47. The van der Waals surface area contributed by atoms with Gasteiger partial charge in [-0.2, -0.15) is 13.2 Å². The molecule has 0 saturated carbocycles. The molecule has 0 aliphatic carbocycles. The Hall–Kier alpha value is -1.29. The van der Waals surface area contributed by atoms with Gasteiger partial charge in [0.2, 0.25) is 0 Å². The van der Waals surface area contributed by atoms with Crippen molar-refractivity contribution in [1.82, 2.24) is 0 Å². The minimum absolute atomic E-state index is 0.176. The maximum absolute atomic E-state index is 12.8. The molecule has 0 amide bonds. The van der Waals surface area contributed by atoms with Crippen molar-refractivity contribution in [3.63, 3.8) is 0 Å². The third-order valence-electron chi connectivity index (χ3n) is 2.31. The van der Waals surface area contributed by atoms with Crippen LogP contribution in [0.15, 0.2) is 46.9 Å². The Kier molecular flexibility index (Phi) is 3.24. The van der Waals surface area contributed by atoms with Crippen LogP contribution in [0.2, 0.25) is 0 Å². The zero-order valence-electron chi connectivity index (χ0n) is 8.55. The van der Waals surface area contributed by atoms with Crippen LogP contribution in [0.4, 0.5) is 13.2 Å². The quantitative estimate of drug-likeness (QED) is 0.700. The Morgan fingerprint density at radius 3 is 2.41 bits per heavy atom. The fourth-order valence-electron chi connectivity index (χ4n) is 1.59. The molecule has 2 aromatic carbocycles. The lowest BCUT2D eigenvalue weighted by Gasteiger charge is -2.12. The summed E-state index contributed by atoms with van der Waals surface area (Å²) in [6.07, 6.45) is -4.34. The second-order valence-corrected chi connectivity index (χ2v) is 4.32. The van der Waals surface area contributed by atoms with E-state index >= 15 is 0 Å². The predicted molar refractivity (Wildman–Crippen MR) is 63.4 cm³/mol. The number of hydrogen-bond acceptors (Lipinski definition) is 0. The molecule has 1 radical (unpaired) electrons. The van der Waals surface area contributed by atoms with Crippen LogP contribution in [0.25, 0.3) is 11.1 Å². The average molecular weight is 300 g/mol. The highest BCUT2D eigenvalue weighted by molar-refractivity contribution is 9.10. The van der Waals surface area contributed by atoms with E-state index in [-0.39, 0.29) is 5.56 Å². The third kappa shape index (κ3) is 2.69. The second kappa shape index (κ2) is 4.53. The van der Waals surface area contributed by atoms with Gasteiger partial charge in [-0.25, -0.2) is 0 Å². The monoisotopic (exact) mass is 299 g/mol. The number of rotatable bonds is 1. The molecular formula is C13H7BrF3. The van der Waals surface area contributed by atoms with Crippen molar-refractivity contribution < 1.29 is 13.2 Å². The van der Waals surface area contributed by atoms with Crippen LogP contribution in [0.5, 0.6) is 0 Å². The van der Waals surface area contributed by atoms with Gasteiger partial charge in [0.05, 0.1) is 5.56 Å². The van der Waals surface area contributed by atoms with Crippen molar-refractivity contribution in [3.05, 3.63) is 58.6 Å². The summed E-state index contributed by atoms with van der Waals surface area (Å²) in [5.41, 5.74) is 0.0661. The largest absolute Gasteiger partial charge is 0.417 e.